The maximum Gasteiger partial charge on any atom is 0.420 e. The maximum atomic E-state index is 12.9. The van der Waals surface area contributed by atoms with Crippen molar-refractivity contribution < 1.29 is 14.0 Å². The van der Waals surface area contributed by atoms with Crippen LogP contribution in [0.15, 0.2) is 45.9 Å². The molecule has 0 spiro atoms. The van der Waals surface area contributed by atoms with Gasteiger partial charge in [-0.15, -0.1) is 0 Å². The minimum atomic E-state index is -0.542. The van der Waals surface area contributed by atoms with Gasteiger partial charge in [0.2, 0.25) is 11.8 Å². The van der Waals surface area contributed by atoms with Gasteiger partial charge in [-0.05, 0) is 25.0 Å². The molecule has 1 fully saturated rings. The van der Waals surface area contributed by atoms with Crippen molar-refractivity contribution in [1.29, 1.82) is 0 Å². The van der Waals surface area contributed by atoms with Crippen LogP contribution in [-0.2, 0) is 22.7 Å². The van der Waals surface area contributed by atoms with Crippen molar-refractivity contribution in [1.82, 2.24) is 19.0 Å². The van der Waals surface area contributed by atoms with E-state index in [2.05, 4.69) is 4.98 Å². The lowest BCUT2D eigenvalue weighted by molar-refractivity contribution is -0.133. The highest BCUT2D eigenvalue weighted by Crippen LogP contribution is 2.26. The van der Waals surface area contributed by atoms with E-state index in [0.29, 0.717) is 24.2 Å². The number of imidazole rings is 1. The van der Waals surface area contributed by atoms with Crippen LogP contribution in [0.3, 0.4) is 0 Å². The molecule has 1 aliphatic rings. The van der Waals surface area contributed by atoms with E-state index >= 15 is 0 Å². The van der Waals surface area contributed by atoms with E-state index in [-0.39, 0.29) is 24.9 Å². The molecule has 1 aliphatic heterocycles. The normalized spacial score (nSPS) is 17.1. The first-order valence-corrected chi connectivity index (χ1v) is 9.18. The van der Waals surface area contributed by atoms with E-state index in [4.69, 9.17) is 10.2 Å². The van der Waals surface area contributed by atoms with Gasteiger partial charge in [0.1, 0.15) is 18.9 Å². The fourth-order valence-corrected chi connectivity index (χ4v) is 3.80. The number of nitrogens with zero attached hydrogens (tertiary/aromatic N) is 4. The van der Waals surface area contributed by atoms with E-state index in [1.165, 1.54) is 4.57 Å². The van der Waals surface area contributed by atoms with Crippen molar-refractivity contribution in [3.63, 3.8) is 0 Å². The van der Waals surface area contributed by atoms with Crippen LogP contribution in [0.5, 0.6) is 0 Å². The summed E-state index contributed by atoms with van der Waals surface area (Å²) in [5, 5.41) is 0. The molecule has 3 aromatic rings. The molecule has 2 N–H and O–H groups in total. The Morgan fingerprint density at radius 1 is 1.25 bits per heavy atom. The number of hydrogen-bond donors (Lipinski definition) is 1. The van der Waals surface area contributed by atoms with E-state index < -0.39 is 11.7 Å². The molecule has 28 heavy (non-hydrogen) atoms. The van der Waals surface area contributed by atoms with Crippen LogP contribution in [0.4, 0.5) is 0 Å². The van der Waals surface area contributed by atoms with Gasteiger partial charge in [-0.1, -0.05) is 12.1 Å². The lowest BCUT2D eigenvalue weighted by Gasteiger charge is -2.32. The second-order valence-electron chi connectivity index (χ2n) is 6.98. The lowest BCUT2D eigenvalue weighted by Crippen LogP contribution is -2.42. The molecule has 4 rings (SSSR count). The summed E-state index contributed by atoms with van der Waals surface area (Å²) in [5.74, 6) is -0.354. The monoisotopic (exact) mass is 383 g/mol. The first kappa shape index (κ1) is 18.0. The van der Waals surface area contributed by atoms with Gasteiger partial charge >= 0.3 is 5.76 Å². The average molecular weight is 383 g/mol. The van der Waals surface area contributed by atoms with Crippen LogP contribution >= 0.6 is 0 Å². The number of para-hydroxylation sites is 2. The molecule has 0 saturated carbocycles. The van der Waals surface area contributed by atoms with Gasteiger partial charge in [0.05, 0.1) is 5.52 Å². The number of primary amides is 1. The molecule has 1 unspecified atom stereocenters. The SMILES string of the molecule is NC(=O)Cn1ccnc1C1CCCN(C(=O)Cn2c(=O)oc3ccccc32)C1. The topological polar surface area (TPSA) is 116 Å². The molecule has 2 aromatic heterocycles. The maximum absolute atomic E-state index is 12.9. The van der Waals surface area contributed by atoms with Gasteiger partial charge in [-0.3, -0.25) is 14.2 Å². The van der Waals surface area contributed by atoms with Crippen LogP contribution in [0.2, 0.25) is 0 Å². The third kappa shape index (κ3) is 3.42. The third-order valence-corrected chi connectivity index (χ3v) is 5.08. The first-order valence-electron chi connectivity index (χ1n) is 9.18. The summed E-state index contributed by atoms with van der Waals surface area (Å²) >= 11 is 0. The lowest BCUT2D eigenvalue weighted by atomic mass is 9.97. The standard InChI is InChI=1S/C19H21N5O4/c20-16(25)11-23-9-7-21-18(23)13-4-3-8-22(10-13)17(26)12-24-14-5-1-2-6-15(14)28-19(24)27/h1-2,5-7,9,13H,3-4,8,10-12H2,(H2,20,25). The number of amides is 2. The Morgan fingerprint density at radius 2 is 2.07 bits per heavy atom. The fraction of sp³-hybridized carbons (Fsp3) is 0.368. The number of hydrogen-bond acceptors (Lipinski definition) is 5. The predicted octanol–water partition coefficient (Wildman–Crippen LogP) is 0.682. The Morgan fingerprint density at radius 3 is 2.89 bits per heavy atom. The molecule has 0 bridgehead atoms. The predicted molar refractivity (Wildman–Crippen MR) is 100 cm³/mol. The number of carbonyl (C=O) groups is 2. The largest absolute Gasteiger partial charge is 0.420 e. The van der Waals surface area contributed by atoms with Crippen LogP contribution < -0.4 is 11.5 Å². The Balaban J connectivity index is 1.51. The van der Waals surface area contributed by atoms with Gasteiger partial charge in [-0.25, -0.2) is 9.78 Å². The highest BCUT2D eigenvalue weighted by molar-refractivity contribution is 5.79. The molecule has 0 aliphatic carbocycles. The molecular formula is C19H21N5O4. The minimum Gasteiger partial charge on any atom is -0.408 e. The Labute approximate surface area is 160 Å². The number of piperidine rings is 1. The van der Waals surface area contributed by atoms with E-state index in [0.717, 1.165) is 18.7 Å². The summed E-state index contributed by atoms with van der Waals surface area (Å²) in [6.07, 6.45) is 5.04. The van der Waals surface area contributed by atoms with Crippen LogP contribution in [-0.4, -0.2) is 43.9 Å². The van der Waals surface area contributed by atoms with Crippen LogP contribution in [0, 0.1) is 0 Å². The molecule has 1 atom stereocenters. The number of likely N-dealkylation sites (tertiary alicyclic amines) is 1. The zero-order valence-corrected chi connectivity index (χ0v) is 15.3. The van der Waals surface area contributed by atoms with Crippen molar-refractivity contribution >= 4 is 22.9 Å². The summed E-state index contributed by atoms with van der Waals surface area (Å²) in [6.45, 7) is 1.10. The number of carbonyl (C=O) groups excluding carboxylic acids is 2. The van der Waals surface area contributed by atoms with Gasteiger partial charge in [0, 0.05) is 31.4 Å². The summed E-state index contributed by atoms with van der Waals surface area (Å²) in [4.78, 5) is 42.4. The zero-order valence-electron chi connectivity index (χ0n) is 15.3. The molecule has 9 nitrogen and oxygen atoms in total. The van der Waals surface area contributed by atoms with Crippen molar-refractivity contribution in [2.24, 2.45) is 5.73 Å². The highest BCUT2D eigenvalue weighted by Gasteiger charge is 2.28. The summed E-state index contributed by atoms with van der Waals surface area (Å²) in [6, 6.07) is 7.04. The molecule has 0 radical (unpaired) electrons. The number of aromatic nitrogens is 3. The van der Waals surface area contributed by atoms with Crippen molar-refractivity contribution in [2.75, 3.05) is 13.1 Å². The number of rotatable bonds is 5. The van der Waals surface area contributed by atoms with Gasteiger partial charge in [0.15, 0.2) is 5.58 Å². The first-order chi connectivity index (χ1) is 13.5. The zero-order chi connectivity index (χ0) is 19.7. The van der Waals surface area contributed by atoms with Crippen LogP contribution in [0.25, 0.3) is 11.1 Å². The van der Waals surface area contributed by atoms with E-state index in [1.807, 2.05) is 0 Å². The highest BCUT2D eigenvalue weighted by atomic mass is 16.4. The van der Waals surface area contributed by atoms with Crippen molar-refractivity contribution in [3.8, 4) is 0 Å². The third-order valence-electron chi connectivity index (χ3n) is 5.08. The smallest absolute Gasteiger partial charge is 0.408 e. The Kier molecular flexibility index (Phi) is 4.72. The fourth-order valence-electron chi connectivity index (χ4n) is 3.80. The molecule has 9 heteroatoms. The quantitative estimate of drug-likeness (QED) is 0.695. The van der Waals surface area contributed by atoms with Gasteiger partial charge < -0.3 is 19.6 Å². The van der Waals surface area contributed by atoms with Crippen molar-refractivity contribution in [3.05, 3.63) is 53.0 Å². The number of nitrogens with two attached hydrogens (primary N) is 1. The van der Waals surface area contributed by atoms with E-state index in [1.54, 1.807) is 46.1 Å². The molecule has 146 valence electrons. The molecular weight excluding hydrogens is 362 g/mol. The summed E-state index contributed by atoms with van der Waals surface area (Å²) < 4.78 is 8.29. The molecule has 2 amide bonds. The van der Waals surface area contributed by atoms with Gasteiger partial charge in [0.25, 0.3) is 0 Å². The summed E-state index contributed by atoms with van der Waals surface area (Å²) in [5.41, 5.74) is 6.37. The number of benzene rings is 1. The average Bonchev–Trinajstić information content (AvgIpc) is 3.26. The second-order valence-corrected chi connectivity index (χ2v) is 6.98. The molecule has 1 saturated heterocycles. The molecule has 3 heterocycles. The molecule has 1 aromatic carbocycles. The van der Waals surface area contributed by atoms with Crippen molar-refractivity contribution in [2.45, 2.75) is 31.8 Å². The number of fused-ring (bicyclic) bond motifs is 1. The summed E-state index contributed by atoms with van der Waals surface area (Å²) in [7, 11) is 0. The minimum absolute atomic E-state index is 0.0184. The number of oxazole rings is 1. The van der Waals surface area contributed by atoms with Gasteiger partial charge in [-0.2, -0.15) is 0 Å². The second kappa shape index (κ2) is 7.34. The van der Waals surface area contributed by atoms with Crippen LogP contribution in [0.1, 0.15) is 24.6 Å². The Bertz CT molecular complexity index is 1080. The van der Waals surface area contributed by atoms with E-state index in [9.17, 15) is 14.4 Å². The Hall–Kier alpha value is -3.36.